The van der Waals surface area contributed by atoms with Crippen molar-refractivity contribution in [1.82, 2.24) is 9.55 Å². The third-order valence-electron chi connectivity index (χ3n) is 4.62. The molecule has 5 heteroatoms. The molecule has 1 N–H and O–H groups in total. The summed E-state index contributed by atoms with van der Waals surface area (Å²) in [6, 6.07) is 14.6. The van der Waals surface area contributed by atoms with Gasteiger partial charge >= 0.3 is 0 Å². The zero-order valence-electron chi connectivity index (χ0n) is 19.2. The van der Waals surface area contributed by atoms with Gasteiger partial charge in [-0.3, -0.25) is 0 Å². The van der Waals surface area contributed by atoms with Crippen LogP contribution in [0, 0.1) is 13.8 Å². The first-order valence-electron chi connectivity index (χ1n) is 10.0. The van der Waals surface area contributed by atoms with E-state index in [1.165, 1.54) is 11.1 Å². The Kier molecular flexibility index (Phi) is 9.80. The van der Waals surface area contributed by atoms with Crippen molar-refractivity contribution in [3.05, 3.63) is 76.3 Å². The van der Waals surface area contributed by atoms with Gasteiger partial charge in [-0.2, -0.15) is 0 Å². The molecule has 0 fully saturated rings. The molecule has 0 radical (unpaired) electrons. The van der Waals surface area contributed by atoms with Crippen molar-refractivity contribution < 1.29 is 4.79 Å². The summed E-state index contributed by atoms with van der Waals surface area (Å²) in [5.74, 6) is 1.04. The number of hydrogen-bond donors (Lipinski definition) is 1. The highest BCUT2D eigenvalue weighted by Gasteiger charge is 2.12. The number of anilines is 1. The third-order valence-corrected chi connectivity index (χ3v) is 4.86. The lowest BCUT2D eigenvalue weighted by molar-refractivity contribution is -0.0979. The SMILES string of the molecule is C=O.CCc1nc(C)cn1-c1cc(Cl)ccc1NC.Cc1ccc(C(C)(C)C)cc1. The Morgan fingerprint density at radius 2 is 1.67 bits per heavy atom. The molecule has 30 heavy (non-hydrogen) atoms. The number of imidazole rings is 1. The van der Waals surface area contributed by atoms with E-state index in [1.807, 2.05) is 45.2 Å². The van der Waals surface area contributed by atoms with E-state index in [9.17, 15) is 0 Å². The van der Waals surface area contributed by atoms with E-state index >= 15 is 0 Å². The maximum absolute atomic E-state index is 8.00. The van der Waals surface area contributed by atoms with Gasteiger partial charge in [0.15, 0.2) is 0 Å². The van der Waals surface area contributed by atoms with E-state index < -0.39 is 0 Å². The second kappa shape index (κ2) is 11.6. The summed E-state index contributed by atoms with van der Waals surface area (Å²) in [6.07, 6.45) is 2.93. The Balaban J connectivity index is 0.000000300. The van der Waals surface area contributed by atoms with Gasteiger partial charge < -0.3 is 14.7 Å². The molecule has 1 aromatic heterocycles. The van der Waals surface area contributed by atoms with Gasteiger partial charge in [0.2, 0.25) is 0 Å². The molecule has 0 atom stereocenters. The lowest BCUT2D eigenvalue weighted by atomic mass is 9.87. The Morgan fingerprint density at radius 1 is 1.07 bits per heavy atom. The number of rotatable bonds is 3. The van der Waals surface area contributed by atoms with E-state index in [2.05, 4.69) is 73.8 Å². The van der Waals surface area contributed by atoms with Crippen molar-refractivity contribution in [2.24, 2.45) is 0 Å². The summed E-state index contributed by atoms with van der Waals surface area (Å²) in [5, 5.41) is 3.90. The minimum Gasteiger partial charge on any atom is -0.386 e. The van der Waals surface area contributed by atoms with E-state index in [1.54, 1.807) is 0 Å². The normalized spacial score (nSPS) is 10.4. The molecule has 2 aromatic carbocycles. The summed E-state index contributed by atoms with van der Waals surface area (Å²) in [6.45, 7) is 14.9. The lowest BCUT2D eigenvalue weighted by Crippen LogP contribution is -2.10. The van der Waals surface area contributed by atoms with Gasteiger partial charge in [0.05, 0.1) is 17.1 Å². The van der Waals surface area contributed by atoms with Crippen LogP contribution < -0.4 is 5.32 Å². The minimum absolute atomic E-state index is 0.285. The number of carbonyl (C=O) groups excluding carboxylic acids is 1. The summed E-state index contributed by atoms with van der Waals surface area (Å²) < 4.78 is 2.09. The smallest absolute Gasteiger partial charge is 0.113 e. The zero-order chi connectivity index (χ0) is 22.9. The number of aromatic nitrogens is 2. The van der Waals surface area contributed by atoms with Crippen molar-refractivity contribution >= 4 is 24.1 Å². The van der Waals surface area contributed by atoms with Crippen molar-refractivity contribution in [3.8, 4) is 5.69 Å². The van der Waals surface area contributed by atoms with Crippen LogP contribution in [0.3, 0.4) is 0 Å². The quantitative estimate of drug-likeness (QED) is 0.515. The number of nitrogens with zero attached hydrogens (tertiary/aromatic N) is 2. The summed E-state index contributed by atoms with van der Waals surface area (Å²) >= 11 is 6.06. The molecule has 1 heterocycles. The maximum Gasteiger partial charge on any atom is 0.113 e. The van der Waals surface area contributed by atoms with Crippen LogP contribution >= 0.6 is 11.6 Å². The van der Waals surface area contributed by atoms with Crippen molar-refractivity contribution in [2.45, 2.75) is 53.4 Å². The van der Waals surface area contributed by atoms with Crippen LogP contribution in [0.2, 0.25) is 5.02 Å². The largest absolute Gasteiger partial charge is 0.386 e. The zero-order valence-corrected chi connectivity index (χ0v) is 20.0. The second-order valence-corrected chi connectivity index (χ2v) is 8.49. The Labute approximate surface area is 186 Å². The van der Waals surface area contributed by atoms with Crippen molar-refractivity contribution in [2.75, 3.05) is 12.4 Å². The summed E-state index contributed by atoms with van der Waals surface area (Å²) in [4.78, 5) is 12.5. The van der Waals surface area contributed by atoms with E-state index in [-0.39, 0.29) is 5.41 Å². The fourth-order valence-electron chi connectivity index (χ4n) is 2.97. The van der Waals surface area contributed by atoms with Crippen LogP contribution in [-0.2, 0) is 16.6 Å². The van der Waals surface area contributed by atoms with Crippen LogP contribution in [-0.4, -0.2) is 23.4 Å². The van der Waals surface area contributed by atoms with Gasteiger partial charge in [-0.15, -0.1) is 0 Å². The summed E-state index contributed by atoms with van der Waals surface area (Å²) in [7, 11) is 1.90. The molecule has 4 nitrogen and oxygen atoms in total. The van der Waals surface area contributed by atoms with Crippen LogP contribution in [0.4, 0.5) is 5.69 Å². The molecule has 0 saturated heterocycles. The number of halogens is 1. The molecular formula is C25H34ClN3O. The molecule has 0 aliphatic carbocycles. The number of carbonyl (C=O) groups is 1. The molecular weight excluding hydrogens is 394 g/mol. The van der Waals surface area contributed by atoms with Gasteiger partial charge in [0.25, 0.3) is 0 Å². The van der Waals surface area contributed by atoms with Crippen molar-refractivity contribution in [1.29, 1.82) is 0 Å². The molecule has 162 valence electrons. The van der Waals surface area contributed by atoms with Crippen LogP contribution in [0.15, 0.2) is 48.7 Å². The number of aryl methyl sites for hydroxylation is 3. The van der Waals surface area contributed by atoms with Crippen LogP contribution in [0.1, 0.15) is 50.3 Å². The Bertz CT molecular complexity index is 925. The average Bonchev–Trinajstić information content (AvgIpc) is 3.10. The second-order valence-electron chi connectivity index (χ2n) is 8.05. The first-order valence-corrected chi connectivity index (χ1v) is 10.4. The lowest BCUT2D eigenvalue weighted by Gasteiger charge is -2.18. The fraction of sp³-hybridized carbons (Fsp3) is 0.360. The highest BCUT2D eigenvalue weighted by molar-refractivity contribution is 6.30. The van der Waals surface area contributed by atoms with Crippen LogP contribution in [0.5, 0.6) is 0 Å². The van der Waals surface area contributed by atoms with Crippen LogP contribution in [0.25, 0.3) is 5.69 Å². The monoisotopic (exact) mass is 427 g/mol. The highest BCUT2D eigenvalue weighted by atomic mass is 35.5. The maximum atomic E-state index is 8.00. The molecule has 0 spiro atoms. The molecule has 3 aromatic rings. The topological polar surface area (TPSA) is 46.9 Å². The van der Waals surface area contributed by atoms with Gasteiger partial charge in [0, 0.05) is 24.7 Å². The first-order chi connectivity index (χ1) is 14.2. The average molecular weight is 428 g/mol. The molecule has 0 bridgehead atoms. The van der Waals surface area contributed by atoms with E-state index in [0.717, 1.165) is 34.3 Å². The van der Waals surface area contributed by atoms with Gasteiger partial charge in [-0.25, -0.2) is 4.98 Å². The van der Waals surface area contributed by atoms with Crippen molar-refractivity contribution in [3.63, 3.8) is 0 Å². The minimum atomic E-state index is 0.285. The Morgan fingerprint density at radius 3 is 2.17 bits per heavy atom. The Hall–Kier alpha value is -2.59. The molecule has 0 amide bonds. The number of benzene rings is 2. The fourth-order valence-corrected chi connectivity index (χ4v) is 3.14. The molecule has 0 aliphatic rings. The van der Waals surface area contributed by atoms with Gasteiger partial charge in [-0.1, -0.05) is 69.1 Å². The highest BCUT2D eigenvalue weighted by Crippen LogP contribution is 2.26. The standard InChI is InChI=1S/C13H16ClN3.C11H16.CH2O/c1-4-13-16-9(2)8-17(13)12-7-10(14)5-6-11(12)15-3;1-9-5-7-10(8-6-9)11(2,3)4;1-2/h5-8,15H,4H2,1-3H3;5-8H,1-4H3;1H2. The predicted octanol–water partition coefficient (Wildman–Crippen LogP) is 6.55. The first kappa shape index (κ1) is 25.4. The summed E-state index contributed by atoms with van der Waals surface area (Å²) in [5.41, 5.74) is 6.12. The number of hydrogen-bond acceptors (Lipinski definition) is 3. The van der Waals surface area contributed by atoms with E-state index in [4.69, 9.17) is 16.4 Å². The molecule has 0 aliphatic heterocycles. The number of nitrogens with one attached hydrogen (secondary N) is 1. The third kappa shape index (κ3) is 7.03. The molecule has 0 saturated carbocycles. The van der Waals surface area contributed by atoms with E-state index in [0.29, 0.717) is 0 Å². The predicted molar refractivity (Wildman–Crippen MR) is 129 cm³/mol. The van der Waals surface area contributed by atoms with Gasteiger partial charge in [-0.05, 0) is 43.0 Å². The van der Waals surface area contributed by atoms with Gasteiger partial charge in [0.1, 0.15) is 12.6 Å². The molecule has 3 rings (SSSR count). The molecule has 0 unspecified atom stereocenters.